The number of rotatable bonds is 15. The third-order valence-corrected chi connectivity index (χ3v) is 4.13. The van der Waals surface area contributed by atoms with Gasteiger partial charge in [-0.3, -0.25) is 24.2 Å². The van der Waals surface area contributed by atoms with Gasteiger partial charge in [0.05, 0.1) is 6.61 Å². The van der Waals surface area contributed by atoms with E-state index in [9.17, 15) is 29.1 Å². The monoisotopic (exact) mass is 461 g/mol. The minimum absolute atomic E-state index is 0.0227. The Hall–Kier alpha value is -3.46. The van der Waals surface area contributed by atoms with Crippen LogP contribution in [0.2, 0.25) is 0 Å². The van der Waals surface area contributed by atoms with Gasteiger partial charge in [-0.25, -0.2) is 4.79 Å². The number of carboxylic acids is 2. The molecule has 0 rings (SSSR count). The lowest BCUT2D eigenvalue weighted by Gasteiger charge is -2.23. The van der Waals surface area contributed by atoms with Crippen LogP contribution in [0.5, 0.6) is 0 Å². The maximum absolute atomic E-state index is 12.5. The van der Waals surface area contributed by atoms with Crippen LogP contribution in [-0.2, 0) is 24.0 Å². The fourth-order valence-corrected chi connectivity index (χ4v) is 2.34. The highest BCUT2D eigenvalue weighted by molar-refractivity contribution is 5.94. The van der Waals surface area contributed by atoms with Gasteiger partial charge in [-0.15, -0.1) is 0 Å². The van der Waals surface area contributed by atoms with E-state index in [0.29, 0.717) is 0 Å². The molecule has 12 N–H and O–H groups in total. The van der Waals surface area contributed by atoms with E-state index in [-0.39, 0.29) is 31.8 Å². The van der Waals surface area contributed by atoms with Crippen molar-refractivity contribution in [3.63, 3.8) is 0 Å². The number of guanidine groups is 1. The molecule has 0 aliphatic rings. The first kappa shape index (κ1) is 28.5. The predicted octanol–water partition coefficient (Wildman–Crippen LogP) is -4.22. The van der Waals surface area contributed by atoms with E-state index in [4.69, 9.17) is 27.4 Å². The molecule has 0 spiro atoms. The van der Waals surface area contributed by atoms with E-state index in [1.54, 1.807) is 0 Å². The molecule has 0 aromatic carbocycles. The Morgan fingerprint density at radius 1 is 0.906 bits per heavy atom. The normalized spacial score (nSPS) is 14.2. The zero-order valence-electron chi connectivity index (χ0n) is 17.6. The Bertz CT molecular complexity index is 711. The number of aliphatic hydroxyl groups excluding tert-OH is 1. The smallest absolute Gasteiger partial charge is 0.326 e. The first-order valence-corrected chi connectivity index (χ1v) is 9.66. The lowest BCUT2D eigenvalue weighted by molar-refractivity contribution is -0.142. The van der Waals surface area contributed by atoms with Gasteiger partial charge in [0.1, 0.15) is 24.2 Å². The highest BCUT2D eigenvalue weighted by Gasteiger charge is 2.28. The van der Waals surface area contributed by atoms with Gasteiger partial charge in [0.25, 0.3) is 0 Å². The SMILES string of the molecule is CC(NC(=O)C(CCC(=O)O)NC(=O)C(N)CO)C(=O)NC(CCCN=C(N)N)C(=O)O. The highest BCUT2D eigenvalue weighted by atomic mass is 16.4. The summed E-state index contributed by atoms with van der Waals surface area (Å²) < 4.78 is 0. The molecule has 0 fully saturated rings. The van der Waals surface area contributed by atoms with Crippen LogP contribution in [0.25, 0.3) is 0 Å². The third kappa shape index (κ3) is 11.7. The molecule has 0 bridgehead atoms. The summed E-state index contributed by atoms with van der Waals surface area (Å²) in [6, 6.07) is -5.15. The summed E-state index contributed by atoms with van der Waals surface area (Å²) in [7, 11) is 0. The first-order valence-electron chi connectivity index (χ1n) is 9.66. The van der Waals surface area contributed by atoms with E-state index in [1.807, 2.05) is 0 Å². The lowest BCUT2D eigenvalue weighted by Crippen LogP contribution is -2.56. The largest absolute Gasteiger partial charge is 0.481 e. The molecule has 4 unspecified atom stereocenters. The summed E-state index contributed by atoms with van der Waals surface area (Å²) in [5, 5.41) is 33.8. The number of aliphatic carboxylic acids is 2. The molecular weight excluding hydrogens is 430 g/mol. The maximum atomic E-state index is 12.5. The summed E-state index contributed by atoms with van der Waals surface area (Å²) in [5.41, 5.74) is 15.7. The van der Waals surface area contributed by atoms with Crippen molar-refractivity contribution in [2.45, 2.75) is 56.8 Å². The average Bonchev–Trinajstić information content (AvgIpc) is 2.71. The van der Waals surface area contributed by atoms with Gasteiger partial charge in [-0.1, -0.05) is 0 Å². The number of hydrogen-bond acceptors (Lipinski definition) is 8. The molecule has 0 aliphatic heterocycles. The van der Waals surface area contributed by atoms with Gasteiger partial charge >= 0.3 is 11.9 Å². The Morgan fingerprint density at radius 2 is 1.50 bits per heavy atom. The van der Waals surface area contributed by atoms with Gasteiger partial charge in [0.2, 0.25) is 17.7 Å². The number of carboxylic acid groups (broad SMARTS) is 2. The highest BCUT2D eigenvalue weighted by Crippen LogP contribution is 2.02. The van der Waals surface area contributed by atoms with E-state index < -0.39 is 66.9 Å². The summed E-state index contributed by atoms with van der Waals surface area (Å²) >= 11 is 0. The number of aliphatic imine (C=N–C) groups is 1. The van der Waals surface area contributed by atoms with Crippen molar-refractivity contribution in [1.82, 2.24) is 16.0 Å². The van der Waals surface area contributed by atoms with E-state index in [0.717, 1.165) is 0 Å². The number of nitrogens with zero attached hydrogens (tertiary/aromatic N) is 1. The van der Waals surface area contributed by atoms with Gasteiger partial charge in [0.15, 0.2) is 5.96 Å². The van der Waals surface area contributed by atoms with Crippen LogP contribution in [0.1, 0.15) is 32.6 Å². The average molecular weight is 461 g/mol. The fourth-order valence-electron chi connectivity index (χ4n) is 2.34. The molecule has 0 aromatic heterocycles. The molecule has 0 saturated heterocycles. The number of nitrogens with two attached hydrogens (primary N) is 3. The van der Waals surface area contributed by atoms with Crippen LogP contribution in [0.4, 0.5) is 0 Å². The van der Waals surface area contributed by atoms with Crippen LogP contribution < -0.4 is 33.2 Å². The second-order valence-electron chi connectivity index (χ2n) is 6.86. The third-order valence-electron chi connectivity index (χ3n) is 4.13. The minimum Gasteiger partial charge on any atom is -0.481 e. The molecule has 0 heterocycles. The van der Waals surface area contributed by atoms with E-state index in [1.165, 1.54) is 6.92 Å². The second-order valence-corrected chi connectivity index (χ2v) is 6.86. The number of amides is 3. The summed E-state index contributed by atoms with van der Waals surface area (Å²) in [4.78, 5) is 62.5. The fraction of sp³-hybridized carbons (Fsp3) is 0.647. The van der Waals surface area contributed by atoms with E-state index >= 15 is 0 Å². The van der Waals surface area contributed by atoms with Crippen molar-refractivity contribution in [2.75, 3.05) is 13.2 Å². The van der Waals surface area contributed by atoms with Crippen LogP contribution in [0, 0.1) is 0 Å². The van der Waals surface area contributed by atoms with Crippen molar-refractivity contribution in [3.8, 4) is 0 Å². The van der Waals surface area contributed by atoms with Crippen molar-refractivity contribution < 1.29 is 39.3 Å². The molecule has 0 saturated carbocycles. The topological polar surface area (TPSA) is 273 Å². The van der Waals surface area contributed by atoms with Crippen LogP contribution in [0.15, 0.2) is 4.99 Å². The van der Waals surface area contributed by atoms with Gasteiger partial charge in [-0.2, -0.15) is 0 Å². The van der Waals surface area contributed by atoms with Crippen LogP contribution >= 0.6 is 0 Å². The van der Waals surface area contributed by atoms with Crippen LogP contribution in [0.3, 0.4) is 0 Å². The van der Waals surface area contributed by atoms with E-state index in [2.05, 4.69) is 20.9 Å². The summed E-state index contributed by atoms with van der Waals surface area (Å²) in [6.45, 7) is 0.744. The second kappa shape index (κ2) is 14.5. The molecule has 3 amide bonds. The molecule has 15 heteroatoms. The quantitative estimate of drug-likeness (QED) is 0.0640. The Labute approximate surface area is 183 Å². The molecule has 15 nitrogen and oxygen atoms in total. The van der Waals surface area contributed by atoms with Gasteiger partial charge in [0, 0.05) is 13.0 Å². The van der Waals surface area contributed by atoms with Crippen LogP contribution in [-0.4, -0.2) is 88.3 Å². The Morgan fingerprint density at radius 3 is 2.00 bits per heavy atom. The minimum atomic E-state index is -1.35. The number of nitrogens with one attached hydrogen (secondary N) is 3. The van der Waals surface area contributed by atoms with Crippen molar-refractivity contribution in [2.24, 2.45) is 22.2 Å². The number of hydrogen-bond donors (Lipinski definition) is 9. The molecule has 32 heavy (non-hydrogen) atoms. The predicted molar refractivity (Wildman–Crippen MR) is 111 cm³/mol. The van der Waals surface area contributed by atoms with Crippen molar-refractivity contribution in [1.29, 1.82) is 0 Å². The number of carbonyl (C=O) groups is 5. The maximum Gasteiger partial charge on any atom is 0.326 e. The summed E-state index contributed by atoms with van der Waals surface area (Å²) in [6.07, 6.45) is -0.481. The Balaban J connectivity index is 5.01. The molecule has 0 aliphatic carbocycles. The zero-order chi connectivity index (χ0) is 24.8. The first-order chi connectivity index (χ1) is 14.9. The van der Waals surface area contributed by atoms with Crippen molar-refractivity contribution >= 4 is 35.6 Å². The standard InChI is InChI=1S/C17H31N7O8/c1-8(13(28)24-11(16(31)32)3-2-6-21-17(19)20)22-15(30)10(4-5-12(26)27)23-14(29)9(18)7-25/h8-11,25H,2-7,18H2,1H3,(H,22,30)(H,23,29)(H,24,28)(H,26,27)(H,31,32)(H4,19,20,21). The summed E-state index contributed by atoms with van der Waals surface area (Å²) in [5.74, 6) is -5.26. The van der Waals surface area contributed by atoms with Crippen molar-refractivity contribution in [3.05, 3.63) is 0 Å². The molecule has 4 atom stereocenters. The number of aliphatic hydroxyl groups is 1. The number of carbonyl (C=O) groups excluding carboxylic acids is 3. The molecule has 182 valence electrons. The molecule has 0 aromatic rings. The molecule has 0 radical (unpaired) electrons. The van der Waals surface area contributed by atoms with Gasteiger partial charge < -0.3 is 48.5 Å². The van der Waals surface area contributed by atoms with Gasteiger partial charge in [-0.05, 0) is 26.2 Å². The zero-order valence-corrected chi connectivity index (χ0v) is 17.6. The Kier molecular flexibility index (Phi) is 13.0. The lowest BCUT2D eigenvalue weighted by atomic mass is 10.1. The molecular formula is C17H31N7O8.